The van der Waals surface area contributed by atoms with Crippen molar-refractivity contribution in [2.24, 2.45) is 5.73 Å². The molecule has 1 aromatic carbocycles. The normalized spacial score (nSPS) is 31.5. The van der Waals surface area contributed by atoms with Crippen molar-refractivity contribution >= 4 is 0 Å². The lowest BCUT2D eigenvalue weighted by Crippen LogP contribution is -2.39. The van der Waals surface area contributed by atoms with Gasteiger partial charge in [0.25, 0.3) is 0 Å². The Morgan fingerprint density at radius 1 is 1.47 bits per heavy atom. The Labute approximate surface area is 90.5 Å². The summed E-state index contributed by atoms with van der Waals surface area (Å²) in [5, 5.41) is 0. The minimum Gasteiger partial charge on any atom is -0.325 e. The second-order valence-electron chi connectivity index (χ2n) is 4.89. The Kier molecular flexibility index (Phi) is 2.79. The number of hydrogen-bond acceptors (Lipinski definition) is 1. The molecule has 2 heteroatoms. The van der Waals surface area contributed by atoms with Crippen LogP contribution in [0.3, 0.4) is 0 Å². The third-order valence-corrected chi connectivity index (χ3v) is 3.35. The van der Waals surface area contributed by atoms with Crippen molar-refractivity contribution in [3.05, 3.63) is 35.6 Å². The third kappa shape index (κ3) is 2.57. The van der Waals surface area contributed by atoms with Crippen LogP contribution in [-0.4, -0.2) is 5.54 Å². The minimum absolute atomic E-state index is 0.0240. The van der Waals surface area contributed by atoms with Crippen molar-refractivity contribution in [3.63, 3.8) is 0 Å². The smallest absolute Gasteiger partial charge is 0.123 e. The van der Waals surface area contributed by atoms with Gasteiger partial charge in [-0.15, -0.1) is 0 Å². The molecule has 0 unspecified atom stereocenters. The first-order valence-electron chi connectivity index (χ1n) is 5.53. The summed E-state index contributed by atoms with van der Waals surface area (Å²) in [7, 11) is 0. The van der Waals surface area contributed by atoms with Crippen LogP contribution in [0.1, 0.15) is 44.1 Å². The molecule has 1 aromatic rings. The van der Waals surface area contributed by atoms with Crippen LogP contribution in [0.25, 0.3) is 0 Å². The molecule has 1 saturated carbocycles. The number of hydrogen-bond donors (Lipinski definition) is 1. The molecule has 1 aliphatic carbocycles. The van der Waals surface area contributed by atoms with E-state index >= 15 is 0 Å². The molecule has 1 radical (unpaired) electrons. The molecule has 0 heterocycles. The zero-order valence-corrected chi connectivity index (χ0v) is 9.09. The van der Waals surface area contributed by atoms with Crippen LogP contribution in [0.2, 0.25) is 0 Å². The van der Waals surface area contributed by atoms with Gasteiger partial charge >= 0.3 is 0 Å². The van der Waals surface area contributed by atoms with Crippen LogP contribution < -0.4 is 5.73 Å². The Bertz CT molecular complexity index is 336. The van der Waals surface area contributed by atoms with Crippen molar-refractivity contribution in [2.75, 3.05) is 0 Å². The minimum atomic E-state index is -0.162. The van der Waals surface area contributed by atoms with Crippen LogP contribution >= 0.6 is 0 Å². The largest absolute Gasteiger partial charge is 0.325 e. The van der Waals surface area contributed by atoms with Crippen LogP contribution in [0, 0.1) is 11.9 Å². The average Bonchev–Trinajstić information content (AvgIpc) is 2.17. The van der Waals surface area contributed by atoms with E-state index in [2.05, 4.69) is 13.0 Å². The molecule has 0 atom stereocenters. The Hall–Kier alpha value is -0.890. The molecule has 1 fully saturated rings. The predicted octanol–water partition coefficient (Wildman–Crippen LogP) is 3.00. The lowest BCUT2D eigenvalue weighted by Gasteiger charge is -2.34. The predicted molar refractivity (Wildman–Crippen MR) is 59.0 cm³/mol. The maximum absolute atomic E-state index is 13.0. The van der Waals surface area contributed by atoms with Gasteiger partial charge in [-0.2, -0.15) is 0 Å². The van der Waals surface area contributed by atoms with Crippen LogP contribution in [-0.2, 0) is 0 Å². The highest BCUT2D eigenvalue weighted by molar-refractivity contribution is 5.20. The van der Waals surface area contributed by atoms with Crippen molar-refractivity contribution in [2.45, 2.75) is 44.1 Å². The number of nitrogens with two attached hydrogens (primary N) is 1. The van der Waals surface area contributed by atoms with E-state index in [9.17, 15) is 4.39 Å². The van der Waals surface area contributed by atoms with Gasteiger partial charge in [0.15, 0.2) is 0 Å². The molecule has 1 aliphatic rings. The highest BCUT2D eigenvalue weighted by Crippen LogP contribution is 2.36. The first-order chi connectivity index (χ1) is 7.07. The van der Waals surface area contributed by atoms with Gasteiger partial charge in [0.1, 0.15) is 5.82 Å². The Morgan fingerprint density at radius 2 is 2.13 bits per heavy atom. The zero-order valence-electron chi connectivity index (χ0n) is 9.09. The van der Waals surface area contributed by atoms with Gasteiger partial charge in [0.2, 0.25) is 0 Å². The fraction of sp³-hybridized carbons (Fsp3) is 0.538. The summed E-state index contributed by atoms with van der Waals surface area (Å²) in [6.07, 6.45) is 4.13. The number of benzene rings is 1. The summed E-state index contributed by atoms with van der Waals surface area (Å²) < 4.78 is 13.0. The summed E-state index contributed by atoms with van der Waals surface area (Å²) in [6.45, 7) is 2.10. The van der Waals surface area contributed by atoms with Gasteiger partial charge in [-0.3, -0.25) is 0 Å². The van der Waals surface area contributed by atoms with Gasteiger partial charge in [0, 0.05) is 5.54 Å². The van der Waals surface area contributed by atoms with Crippen LogP contribution in [0.5, 0.6) is 0 Å². The highest BCUT2D eigenvalue weighted by atomic mass is 19.1. The standard InChI is InChI=1S/C13H17FN/c1-13(15)7-5-10(6-8-13)11-3-2-4-12(14)9-11/h2,4,9-10H,5-8,15H2,1H3/t10-,13+. The quantitative estimate of drug-likeness (QED) is 0.751. The highest BCUT2D eigenvalue weighted by Gasteiger charge is 2.28. The van der Waals surface area contributed by atoms with E-state index in [4.69, 9.17) is 5.73 Å². The van der Waals surface area contributed by atoms with Gasteiger partial charge in [0.05, 0.1) is 0 Å². The van der Waals surface area contributed by atoms with Crippen molar-refractivity contribution < 1.29 is 4.39 Å². The maximum Gasteiger partial charge on any atom is 0.123 e. The summed E-state index contributed by atoms with van der Waals surface area (Å²) in [5.74, 6) is 0.280. The fourth-order valence-electron chi connectivity index (χ4n) is 2.28. The molecule has 0 bridgehead atoms. The first-order valence-corrected chi connectivity index (χ1v) is 5.53. The molecule has 0 amide bonds. The summed E-state index contributed by atoms with van der Waals surface area (Å²) in [5.41, 5.74) is 7.04. The van der Waals surface area contributed by atoms with Gasteiger partial charge in [-0.05, 0) is 62.3 Å². The lowest BCUT2D eigenvalue weighted by molar-refractivity contribution is 0.295. The van der Waals surface area contributed by atoms with Crippen molar-refractivity contribution in [3.8, 4) is 0 Å². The molecule has 81 valence electrons. The van der Waals surface area contributed by atoms with Gasteiger partial charge in [-0.1, -0.05) is 6.07 Å². The molecule has 2 N–H and O–H groups in total. The summed E-state index contributed by atoms with van der Waals surface area (Å²) in [6, 6.07) is 7.84. The van der Waals surface area contributed by atoms with Gasteiger partial charge in [-0.25, -0.2) is 4.39 Å². The Balaban J connectivity index is 2.08. The molecule has 0 saturated heterocycles. The van der Waals surface area contributed by atoms with E-state index in [0.29, 0.717) is 5.92 Å². The van der Waals surface area contributed by atoms with Gasteiger partial charge < -0.3 is 5.73 Å². The monoisotopic (exact) mass is 206 g/mol. The molecule has 2 rings (SSSR count). The van der Waals surface area contributed by atoms with E-state index < -0.39 is 0 Å². The molecule has 0 aliphatic heterocycles. The van der Waals surface area contributed by atoms with Crippen molar-refractivity contribution in [1.82, 2.24) is 0 Å². The van der Waals surface area contributed by atoms with E-state index in [0.717, 1.165) is 31.2 Å². The van der Waals surface area contributed by atoms with Crippen LogP contribution in [0.4, 0.5) is 4.39 Å². The fourth-order valence-corrected chi connectivity index (χ4v) is 2.28. The third-order valence-electron chi connectivity index (χ3n) is 3.35. The number of halogens is 1. The van der Waals surface area contributed by atoms with E-state index in [1.54, 1.807) is 12.1 Å². The second kappa shape index (κ2) is 3.93. The molecule has 15 heavy (non-hydrogen) atoms. The van der Waals surface area contributed by atoms with Crippen molar-refractivity contribution in [1.29, 1.82) is 0 Å². The average molecular weight is 206 g/mol. The SMILES string of the molecule is C[C@]1(N)CC[C@@H](c2[c]ccc(F)c2)CC1. The molecule has 0 aromatic heterocycles. The molecule has 0 spiro atoms. The lowest BCUT2D eigenvalue weighted by atomic mass is 9.76. The summed E-state index contributed by atoms with van der Waals surface area (Å²) >= 11 is 0. The van der Waals surface area contributed by atoms with E-state index in [1.807, 2.05) is 0 Å². The van der Waals surface area contributed by atoms with E-state index in [-0.39, 0.29) is 11.4 Å². The van der Waals surface area contributed by atoms with Crippen LogP contribution in [0.15, 0.2) is 18.2 Å². The summed E-state index contributed by atoms with van der Waals surface area (Å²) in [4.78, 5) is 0. The Morgan fingerprint density at radius 3 is 2.73 bits per heavy atom. The molecular formula is C13H17FN. The van der Waals surface area contributed by atoms with E-state index in [1.165, 1.54) is 6.07 Å². The molecule has 1 nitrogen and oxygen atoms in total. The zero-order chi connectivity index (χ0) is 10.9. The topological polar surface area (TPSA) is 26.0 Å². The number of rotatable bonds is 1. The molecular weight excluding hydrogens is 189 g/mol. The first kappa shape index (κ1) is 10.6. The second-order valence-corrected chi connectivity index (χ2v) is 4.89. The maximum atomic E-state index is 13.0.